The first kappa shape index (κ1) is 14.7. The molecule has 0 aliphatic carbocycles. The molecule has 21 heavy (non-hydrogen) atoms. The summed E-state index contributed by atoms with van der Waals surface area (Å²) in [6.07, 6.45) is 1.34. The van der Waals surface area contributed by atoms with Crippen molar-refractivity contribution in [3.63, 3.8) is 0 Å². The van der Waals surface area contributed by atoms with E-state index < -0.39 is 10.9 Å². The highest BCUT2D eigenvalue weighted by Gasteiger charge is 2.13. The molecular weight excluding hydrogens is 298 g/mol. The van der Waals surface area contributed by atoms with Gasteiger partial charge in [-0.15, -0.1) is 0 Å². The summed E-state index contributed by atoms with van der Waals surface area (Å²) >= 11 is 5.94. The monoisotopic (exact) mass is 307 g/mol. The van der Waals surface area contributed by atoms with Crippen LogP contribution in [0.3, 0.4) is 0 Å². The third-order valence-electron chi connectivity index (χ3n) is 2.73. The maximum absolute atomic E-state index is 10.9. The van der Waals surface area contributed by atoms with E-state index >= 15 is 0 Å². The van der Waals surface area contributed by atoms with Gasteiger partial charge >= 0.3 is 5.97 Å². The summed E-state index contributed by atoms with van der Waals surface area (Å²) in [6, 6.07) is 7.28. The van der Waals surface area contributed by atoms with Gasteiger partial charge in [0.05, 0.1) is 15.5 Å². The van der Waals surface area contributed by atoms with Crippen LogP contribution in [-0.2, 0) is 6.54 Å². The minimum absolute atomic E-state index is 0.00258. The first-order valence-electron chi connectivity index (χ1n) is 5.84. The van der Waals surface area contributed by atoms with Gasteiger partial charge in [-0.25, -0.2) is 9.78 Å². The number of nitro benzene ring substituents is 1. The fourth-order valence-corrected chi connectivity index (χ4v) is 1.91. The predicted molar refractivity (Wildman–Crippen MR) is 76.6 cm³/mol. The first-order valence-corrected chi connectivity index (χ1v) is 6.22. The van der Waals surface area contributed by atoms with Gasteiger partial charge in [-0.05, 0) is 11.6 Å². The zero-order valence-corrected chi connectivity index (χ0v) is 11.4. The highest BCUT2D eigenvalue weighted by Crippen LogP contribution is 2.24. The van der Waals surface area contributed by atoms with Gasteiger partial charge in [0.2, 0.25) is 0 Å². The quantitative estimate of drug-likeness (QED) is 0.650. The SMILES string of the molecule is O=C(O)c1ccnc(NCc2ccc([N+](=O)[O-])cc2)c1Cl. The van der Waals surface area contributed by atoms with Gasteiger partial charge in [-0.2, -0.15) is 0 Å². The maximum Gasteiger partial charge on any atom is 0.337 e. The summed E-state index contributed by atoms with van der Waals surface area (Å²) in [5.41, 5.74) is 0.736. The van der Waals surface area contributed by atoms with Crippen LogP contribution in [0.15, 0.2) is 36.5 Å². The molecule has 7 nitrogen and oxygen atoms in total. The number of carbonyl (C=O) groups is 1. The van der Waals surface area contributed by atoms with Crippen LogP contribution in [0.4, 0.5) is 11.5 Å². The standard InChI is InChI=1S/C13H10ClN3O4/c14-11-10(13(18)19)5-6-15-12(11)16-7-8-1-3-9(4-2-8)17(20)21/h1-6H,7H2,(H,15,16)(H,18,19). The van der Waals surface area contributed by atoms with Crippen molar-refractivity contribution in [2.45, 2.75) is 6.54 Å². The third kappa shape index (κ3) is 3.46. The molecule has 0 saturated heterocycles. The molecule has 1 aromatic carbocycles. The highest BCUT2D eigenvalue weighted by molar-refractivity contribution is 6.35. The first-order chi connectivity index (χ1) is 9.99. The number of anilines is 1. The van der Waals surface area contributed by atoms with Crippen molar-refractivity contribution in [3.05, 3.63) is 62.8 Å². The van der Waals surface area contributed by atoms with Crippen molar-refractivity contribution in [2.75, 3.05) is 5.32 Å². The summed E-state index contributed by atoms with van der Waals surface area (Å²) in [7, 11) is 0. The van der Waals surface area contributed by atoms with E-state index in [2.05, 4.69) is 10.3 Å². The van der Waals surface area contributed by atoms with Crippen LogP contribution < -0.4 is 5.32 Å². The van der Waals surface area contributed by atoms with Crippen LogP contribution in [-0.4, -0.2) is 21.0 Å². The van der Waals surface area contributed by atoms with E-state index in [0.717, 1.165) is 5.56 Å². The molecule has 1 heterocycles. The number of pyridine rings is 1. The molecule has 0 radical (unpaired) electrons. The van der Waals surface area contributed by atoms with E-state index in [1.54, 1.807) is 12.1 Å². The molecule has 2 rings (SSSR count). The number of nitrogens with one attached hydrogen (secondary N) is 1. The molecule has 0 fully saturated rings. The summed E-state index contributed by atoms with van der Waals surface area (Å²) in [4.78, 5) is 25.0. The fraction of sp³-hybridized carbons (Fsp3) is 0.0769. The van der Waals surface area contributed by atoms with Crippen LogP contribution >= 0.6 is 11.6 Å². The van der Waals surface area contributed by atoms with Crippen molar-refractivity contribution < 1.29 is 14.8 Å². The lowest BCUT2D eigenvalue weighted by atomic mass is 10.2. The van der Waals surface area contributed by atoms with E-state index in [0.29, 0.717) is 6.54 Å². The lowest BCUT2D eigenvalue weighted by molar-refractivity contribution is -0.384. The average molecular weight is 308 g/mol. The molecule has 0 aliphatic heterocycles. The van der Waals surface area contributed by atoms with E-state index in [1.807, 2.05) is 0 Å². The molecule has 8 heteroatoms. The lowest BCUT2D eigenvalue weighted by Crippen LogP contribution is -2.05. The molecule has 0 amide bonds. The Bertz CT molecular complexity index is 688. The molecule has 0 unspecified atom stereocenters. The zero-order chi connectivity index (χ0) is 15.4. The van der Waals surface area contributed by atoms with Crippen molar-refractivity contribution in [2.24, 2.45) is 0 Å². The van der Waals surface area contributed by atoms with Gasteiger partial charge < -0.3 is 10.4 Å². The van der Waals surface area contributed by atoms with Gasteiger partial charge in [0.1, 0.15) is 5.82 Å². The molecule has 0 atom stereocenters. The van der Waals surface area contributed by atoms with Gasteiger partial charge in [-0.3, -0.25) is 10.1 Å². The molecule has 108 valence electrons. The van der Waals surface area contributed by atoms with Crippen LogP contribution in [0.2, 0.25) is 5.02 Å². The molecule has 0 aliphatic rings. The summed E-state index contributed by atoms with van der Waals surface area (Å²) in [5, 5.41) is 22.4. The van der Waals surface area contributed by atoms with Gasteiger partial charge in [-0.1, -0.05) is 23.7 Å². The van der Waals surface area contributed by atoms with Crippen LogP contribution in [0.5, 0.6) is 0 Å². The second-order valence-corrected chi connectivity index (χ2v) is 4.48. The van der Waals surface area contributed by atoms with Gasteiger partial charge in [0.25, 0.3) is 5.69 Å². The molecule has 0 saturated carbocycles. The number of non-ortho nitro benzene ring substituents is 1. The Morgan fingerprint density at radius 2 is 2.00 bits per heavy atom. The maximum atomic E-state index is 10.9. The minimum Gasteiger partial charge on any atom is -0.478 e. The molecule has 2 aromatic rings. The number of carboxylic acids is 1. The Morgan fingerprint density at radius 3 is 2.57 bits per heavy atom. The molecular formula is C13H10ClN3O4. The molecule has 0 spiro atoms. The minimum atomic E-state index is -1.14. The lowest BCUT2D eigenvalue weighted by Gasteiger charge is -2.08. The van der Waals surface area contributed by atoms with Crippen molar-refractivity contribution in [3.8, 4) is 0 Å². The Kier molecular flexibility index (Phi) is 4.34. The van der Waals surface area contributed by atoms with Gasteiger partial charge in [0, 0.05) is 24.9 Å². The second kappa shape index (κ2) is 6.19. The number of nitro groups is 1. The second-order valence-electron chi connectivity index (χ2n) is 4.10. The average Bonchev–Trinajstić information content (AvgIpc) is 2.46. The normalized spacial score (nSPS) is 10.1. The number of aromatic nitrogens is 1. The molecule has 0 bridgehead atoms. The smallest absolute Gasteiger partial charge is 0.337 e. The van der Waals surface area contributed by atoms with Crippen molar-refractivity contribution in [1.29, 1.82) is 0 Å². The molecule has 1 aromatic heterocycles. The Labute approximate surface area is 124 Å². The van der Waals surface area contributed by atoms with Crippen LogP contribution in [0, 0.1) is 10.1 Å². The Hall–Kier alpha value is -2.67. The number of rotatable bonds is 5. The summed E-state index contributed by atoms with van der Waals surface area (Å²) < 4.78 is 0. The van der Waals surface area contributed by atoms with E-state index in [4.69, 9.17) is 16.7 Å². The Balaban J connectivity index is 2.11. The van der Waals surface area contributed by atoms with E-state index in [-0.39, 0.29) is 22.1 Å². The van der Waals surface area contributed by atoms with Gasteiger partial charge in [0.15, 0.2) is 0 Å². The topological polar surface area (TPSA) is 105 Å². The van der Waals surface area contributed by atoms with Crippen molar-refractivity contribution in [1.82, 2.24) is 4.98 Å². The van der Waals surface area contributed by atoms with Crippen molar-refractivity contribution >= 4 is 29.1 Å². The highest BCUT2D eigenvalue weighted by atomic mass is 35.5. The zero-order valence-electron chi connectivity index (χ0n) is 10.6. The fourth-order valence-electron chi connectivity index (χ4n) is 1.65. The van der Waals surface area contributed by atoms with Crippen LogP contribution in [0.25, 0.3) is 0 Å². The third-order valence-corrected chi connectivity index (χ3v) is 3.11. The number of carboxylic acid groups (broad SMARTS) is 1. The number of benzene rings is 1. The predicted octanol–water partition coefficient (Wildman–Crippen LogP) is 2.95. The van der Waals surface area contributed by atoms with Crippen LogP contribution in [0.1, 0.15) is 15.9 Å². The Morgan fingerprint density at radius 1 is 1.33 bits per heavy atom. The summed E-state index contributed by atoms with van der Waals surface area (Å²) in [5.74, 6) is -0.893. The van der Waals surface area contributed by atoms with E-state index in [9.17, 15) is 14.9 Å². The number of hydrogen-bond donors (Lipinski definition) is 2. The number of hydrogen-bond acceptors (Lipinski definition) is 5. The number of aromatic carboxylic acids is 1. The largest absolute Gasteiger partial charge is 0.478 e. The number of halogens is 1. The van der Waals surface area contributed by atoms with E-state index in [1.165, 1.54) is 24.4 Å². The number of nitrogens with zero attached hydrogens (tertiary/aromatic N) is 2. The summed E-state index contributed by atoms with van der Waals surface area (Å²) in [6.45, 7) is 0.313. The molecule has 2 N–H and O–H groups in total.